The summed E-state index contributed by atoms with van der Waals surface area (Å²) in [5, 5.41) is 9.15. The molecule has 1 aliphatic rings. The predicted molar refractivity (Wildman–Crippen MR) is 66.5 cm³/mol. The SMILES string of the molecule is Cc1cccc(C#N)c1N(C)C(C)C1CC1. The number of nitrogens with zero attached hydrogens (tertiary/aromatic N) is 2. The maximum atomic E-state index is 9.15. The van der Waals surface area contributed by atoms with Crippen LogP contribution in [0.2, 0.25) is 0 Å². The zero-order chi connectivity index (χ0) is 11.7. The molecule has 1 atom stereocenters. The molecule has 2 heteroatoms. The van der Waals surface area contributed by atoms with Crippen molar-refractivity contribution in [3.63, 3.8) is 0 Å². The van der Waals surface area contributed by atoms with Crippen molar-refractivity contribution in [2.45, 2.75) is 32.7 Å². The van der Waals surface area contributed by atoms with Gasteiger partial charge in [0.2, 0.25) is 0 Å². The smallest absolute Gasteiger partial charge is 0.101 e. The second-order valence-corrected chi connectivity index (χ2v) is 4.77. The quantitative estimate of drug-likeness (QED) is 0.773. The largest absolute Gasteiger partial charge is 0.370 e. The van der Waals surface area contributed by atoms with Gasteiger partial charge in [-0.3, -0.25) is 0 Å². The highest BCUT2D eigenvalue weighted by Gasteiger charge is 2.31. The molecule has 0 N–H and O–H groups in total. The normalized spacial score (nSPS) is 16.6. The molecule has 1 fully saturated rings. The molecule has 1 aliphatic carbocycles. The molecule has 1 saturated carbocycles. The van der Waals surface area contributed by atoms with Gasteiger partial charge in [0.25, 0.3) is 0 Å². The summed E-state index contributed by atoms with van der Waals surface area (Å²) in [7, 11) is 2.10. The molecule has 2 rings (SSSR count). The van der Waals surface area contributed by atoms with Crippen LogP contribution in [0.25, 0.3) is 0 Å². The Morgan fingerprint density at radius 1 is 1.44 bits per heavy atom. The van der Waals surface area contributed by atoms with Crippen LogP contribution in [0.5, 0.6) is 0 Å². The third-order valence-electron chi connectivity index (χ3n) is 3.63. The van der Waals surface area contributed by atoms with Gasteiger partial charge >= 0.3 is 0 Å². The number of hydrogen-bond acceptors (Lipinski definition) is 2. The minimum absolute atomic E-state index is 0.535. The standard InChI is InChI=1S/C14H18N2/c1-10-5-4-6-13(9-15)14(10)16(3)11(2)12-7-8-12/h4-6,11-12H,7-8H2,1-3H3. The number of benzene rings is 1. The Hall–Kier alpha value is -1.49. The Kier molecular flexibility index (Phi) is 2.87. The van der Waals surface area contributed by atoms with Gasteiger partial charge in [-0.05, 0) is 44.2 Å². The number of aryl methyl sites for hydroxylation is 1. The van der Waals surface area contributed by atoms with E-state index in [9.17, 15) is 0 Å². The van der Waals surface area contributed by atoms with E-state index in [1.807, 2.05) is 12.1 Å². The fourth-order valence-electron chi connectivity index (χ4n) is 2.32. The molecule has 0 spiro atoms. The molecule has 2 nitrogen and oxygen atoms in total. The minimum Gasteiger partial charge on any atom is -0.370 e. The van der Waals surface area contributed by atoms with Crippen molar-refractivity contribution in [2.75, 3.05) is 11.9 Å². The molecular formula is C14H18N2. The lowest BCUT2D eigenvalue weighted by molar-refractivity contribution is 0.608. The van der Waals surface area contributed by atoms with Crippen molar-refractivity contribution in [3.05, 3.63) is 29.3 Å². The van der Waals surface area contributed by atoms with Crippen LogP contribution in [-0.2, 0) is 0 Å². The van der Waals surface area contributed by atoms with Gasteiger partial charge in [0, 0.05) is 13.1 Å². The number of anilines is 1. The Bertz CT molecular complexity index is 427. The number of para-hydroxylation sites is 1. The summed E-state index contributed by atoms with van der Waals surface area (Å²) in [5.41, 5.74) is 3.08. The van der Waals surface area contributed by atoms with E-state index in [4.69, 9.17) is 5.26 Å². The fraction of sp³-hybridized carbons (Fsp3) is 0.500. The van der Waals surface area contributed by atoms with Crippen molar-refractivity contribution in [2.24, 2.45) is 5.92 Å². The van der Waals surface area contributed by atoms with Gasteiger partial charge in [0.15, 0.2) is 0 Å². The van der Waals surface area contributed by atoms with Gasteiger partial charge in [0.1, 0.15) is 6.07 Å². The summed E-state index contributed by atoms with van der Waals surface area (Å²) >= 11 is 0. The van der Waals surface area contributed by atoms with Gasteiger partial charge < -0.3 is 4.90 Å². The van der Waals surface area contributed by atoms with E-state index >= 15 is 0 Å². The van der Waals surface area contributed by atoms with E-state index in [2.05, 4.69) is 37.9 Å². The summed E-state index contributed by atoms with van der Waals surface area (Å²) in [4.78, 5) is 2.27. The molecule has 16 heavy (non-hydrogen) atoms. The first kappa shape index (κ1) is 11.0. The molecule has 0 bridgehead atoms. The van der Waals surface area contributed by atoms with Gasteiger partial charge in [-0.2, -0.15) is 5.26 Å². The molecule has 84 valence electrons. The van der Waals surface area contributed by atoms with E-state index < -0.39 is 0 Å². The third kappa shape index (κ3) is 1.90. The fourth-order valence-corrected chi connectivity index (χ4v) is 2.32. The maximum Gasteiger partial charge on any atom is 0.101 e. The summed E-state index contributed by atoms with van der Waals surface area (Å²) in [6.07, 6.45) is 2.67. The van der Waals surface area contributed by atoms with Crippen LogP contribution in [-0.4, -0.2) is 13.1 Å². The number of nitriles is 1. The molecule has 1 aromatic rings. The topological polar surface area (TPSA) is 27.0 Å². The monoisotopic (exact) mass is 214 g/mol. The molecule has 1 aromatic carbocycles. The minimum atomic E-state index is 0.535. The van der Waals surface area contributed by atoms with Crippen molar-refractivity contribution >= 4 is 5.69 Å². The summed E-state index contributed by atoms with van der Waals surface area (Å²) < 4.78 is 0. The van der Waals surface area contributed by atoms with Crippen LogP contribution in [0.4, 0.5) is 5.69 Å². The second-order valence-electron chi connectivity index (χ2n) is 4.77. The highest BCUT2D eigenvalue weighted by Crippen LogP contribution is 2.37. The van der Waals surface area contributed by atoms with E-state index in [1.165, 1.54) is 18.4 Å². The molecule has 0 aromatic heterocycles. The van der Waals surface area contributed by atoms with E-state index in [-0.39, 0.29) is 0 Å². The van der Waals surface area contributed by atoms with Crippen LogP contribution in [0.3, 0.4) is 0 Å². The van der Waals surface area contributed by atoms with Crippen molar-refractivity contribution < 1.29 is 0 Å². The van der Waals surface area contributed by atoms with E-state index in [1.54, 1.807) is 0 Å². The Morgan fingerprint density at radius 2 is 2.12 bits per heavy atom. The first-order valence-electron chi connectivity index (χ1n) is 5.87. The van der Waals surface area contributed by atoms with Crippen molar-refractivity contribution in [1.82, 2.24) is 0 Å². The van der Waals surface area contributed by atoms with Crippen LogP contribution in [0, 0.1) is 24.2 Å². The Balaban J connectivity index is 2.34. The van der Waals surface area contributed by atoms with Crippen molar-refractivity contribution in [1.29, 1.82) is 5.26 Å². The third-order valence-corrected chi connectivity index (χ3v) is 3.63. The summed E-state index contributed by atoms with van der Waals surface area (Å²) in [6, 6.07) is 8.75. The average Bonchev–Trinajstić information content (AvgIpc) is 3.10. The lowest BCUT2D eigenvalue weighted by atomic mass is 10.1. The average molecular weight is 214 g/mol. The molecule has 0 saturated heterocycles. The highest BCUT2D eigenvalue weighted by atomic mass is 15.1. The van der Waals surface area contributed by atoms with Gasteiger partial charge in [-0.25, -0.2) is 0 Å². The number of rotatable bonds is 3. The van der Waals surface area contributed by atoms with Crippen LogP contribution in [0.1, 0.15) is 30.9 Å². The van der Waals surface area contributed by atoms with Gasteiger partial charge in [0.05, 0.1) is 11.3 Å². The summed E-state index contributed by atoms with van der Waals surface area (Å²) in [6.45, 7) is 4.33. The zero-order valence-corrected chi connectivity index (χ0v) is 10.2. The predicted octanol–water partition coefficient (Wildman–Crippen LogP) is 3.10. The highest BCUT2D eigenvalue weighted by molar-refractivity contribution is 5.64. The Labute approximate surface area is 97.5 Å². The van der Waals surface area contributed by atoms with Gasteiger partial charge in [-0.1, -0.05) is 12.1 Å². The molecule has 1 unspecified atom stereocenters. The first-order chi connectivity index (χ1) is 7.65. The summed E-state index contributed by atoms with van der Waals surface area (Å²) in [5.74, 6) is 0.816. The molecule has 0 radical (unpaired) electrons. The van der Waals surface area contributed by atoms with Crippen LogP contribution in [0.15, 0.2) is 18.2 Å². The Morgan fingerprint density at radius 3 is 2.69 bits per heavy atom. The van der Waals surface area contributed by atoms with Gasteiger partial charge in [-0.15, -0.1) is 0 Å². The second kappa shape index (κ2) is 4.17. The van der Waals surface area contributed by atoms with Crippen molar-refractivity contribution in [3.8, 4) is 6.07 Å². The van der Waals surface area contributed by atoms with E-state index in [0.717, 1.165) is 17.2 Å². The van der Waals surface area contributed by atoms with E-state index in [0.29, 0.717) is 6.04 Å². The first-order valence-corrected chi connectivity index (χ1v) is 5.87. The van der Waals surface area contributed by atoms with Crippen LogP contribution < -0.4 is 4.90 Å². The molecule has 0 amide bonds. The lowest BCUT2D eigenvalue weighted by Gasteiger charge is -2.29. The molecule has 0 heterocycles. The lowest BCUT2D eigenvalue weighted by Crippen LogP contribution is -2.31. The zero-order valence-electron chi connectivity index (χ0n) is 10.2. The maximum absolute atomic E-state index is 9.15. The molecule has 0 aliphatic heterocycles. The van der Waals surface area contributed by atoms with Crippen LogP contribution >= 0.6 is 0 Å². The molecular weight excluding hydrogens is 196 g/mol. The number of hydrogen-bond donors (Lipinski definition) is 0.